The van der Waals surface area contributed by atoms with E-state index in [1.807, 2.05) is 41.8 Å². The lowest BCUT2D eigenvalue weighted by molar-refractivity contribution is -0.383. The zero-order valence-electron chi connectivity index (χ0n) is 13.9. The van der Waals surface area contributed by atoms with Crippen LogP contribution in [0.5, 0.6) is 0 Å². The predicted molar refractivity (Wildman–Crippen MR) is 98.7 cm³/mol. The number of fused-ring (bicyclic) bond motifs is 1. The molecule has 3 aromatic rings. The Morgan fingerprint density at radius 2 is 1.81 bits per heavy atom. The lowest BCUT2D eigenvalue weighted by Crippen LogP contribution is -2.12. The molecular weight excluding hydrogens is 356 g/mol. The van der Waals surface area contributed by atoms with Gasteiger partial charge in [0, 0.05) is 18.3 Å². The van der Waals surface area contributed by atoms with Crippen LogP contribution in [0, 0.1) is 10.1 Å². The average Bonchev–Trinajstić information content (AvgIpc) is 2.95. The highest BCUT2D eigenvalue weighted by molar-refractivity contribution is 6.83. The van der Waals surface area contributed by atoms with Gasteiger partial charge in [-0.15, -0.1) is 0 Å². The number of hydrogen-bond donors (Lipinski definition) is 0. The fourth-order valence-corrected chi connectivity index (χ4v) is 3.34. The molecule has 0 saturated heterocycles. The maximum Gasteiger partial charge on any atom is 0.293 e. The molecule has 6 nitrogen and oxygen atoms in total. The molecule has 0 N–H and O–H groups in total. The van der Waals surface area contributed by atoms with Gasteiger partial charge in [-0.05, 0) is 29.7 Å². The third kappa shape index (κ3) is 2.99. The Kier molecular flexibility index (Phi) is 4.86. The van der Waals surface area contributed by atoms with Gasteiger partial charge in [0.15, 0.2) is 0 Å². The topological polar surface area (TPSA) is 82.2 Å². The standard InChI is InChI=1S/C19H15ClN2O4/c1-2-13-17(18(23)19(20)24)16-14(9-6-10-15(16)22(25)26)21(13)11-12-7-4-3-5-8-12/h3-10H,2,11H2,1H3. The van der Waals surface area contributed by atoms with Crippen molar-refractivity contribution < 1.29 is 14.5 Å². The Balaban J connectivity index is 2.37. The molecule has 0 spiro atoms. The normalized spacial score (nSPS) is 10.8. The maximum absolute atomic E-state index is 12.5. The molecule has 0 bridgehead atoms. The van der Waals surface area contributed by atoms with E-state index >= 15 is 0 Å². The second-order valence-corrected chi connectivity index (χ2v) is 6.12. The molecule has 0 atom stereocenters. The molecule has 0 unspecified atom stereocenters. The Morgan fingerprint density at radius 1 is 1.12 bits per heavy atom. The number of non-ortho nitro benzene ring substituents is 1. The third-order valence-corrected chi connectivity index (χ3v) is 4.47. The molecule has 0 aliphatic heterocycles. The van der Waals surface area contributed by atoms with E-state index in [2.05, 4.69) is 0 Å². The second kappa shape index (κ2) is 7.09. The van der Waals surface area contributed by atoms with Crippen LogP contribution in [0.2, 0.25) is 0 Å². The summed E-state index contributed by atoms with van der Waals surface area (Å²) in [6, 6.07) is 14.1. The first-order valence-electron chi connectivity index (χ1n) is 8.02. The predicted octanol–water partition coefficient (Wildman–Crippen LogP) is 4.11. The first-order chi connectivity index (χ1) is 12.5. The number of Topliss-reactive ketones (excluding diaryl/α,β-unsaturated/α-hetero) is 1. The highest BCUT2D eigenvalue weighted by Crippen LogP contribution is 2.35. The van der Waals surface area contributed by atoms with Crippen molar-refractivity contribution in [3.8, 4) is 0 Å². The molecule has 1 heterocycles. The van der Waals surface area contributed by atoms with E-state index in [-0.39, 0.29) is 16.6 Å². The van der Waals surface area contributed by atoms with Crippen LogP contribution in [0.15, 0.2) is 48.5 Å². The summed E-state index contributed by atoms with van der Waals surface area (Å²) >= 11 is 5.43. The number of nitro benzene ring substituents is 1. The molecule has 7 heteroatoms. The number of carbonyl (C=O) groups is 2. The van der Waals surface area contributed by atoms with Crippen LogP contribution in [-0.4, -0.2) is 20.5 Å². The minimum atomic E-state index is -1.16. The summed E-state index contributed by atoms with van der Waals surface area (Å²) in [5.41, 5.74) is 1.86. The number of carbonyl (C=O) groups excluding carboxylic acids is 2. The molecule has 0 aliphatic carbocycles. The lowest BCUT2D eigenvalue weighted by atomic mass is 10.0. The first-order valence-corrected chi connectivity index (χ1v) is 8.40. The molecule has 132 valence electrons. The van der Waals surface area contributed by atoms with Gasteiger partial charge in [-0.25, -0.2) is 0 Å². The Hall–Kier alpha value is -2.99. The van der Waals surface area contributed by atoms with E-state index in [1.54, 1.807) is 12.1 Å². The van der Waals surface area contributed by atoms with Crippen molar-refractivity contribution in [2.45, 2.75) is 19.9 Å². The van der Waals surface area contributed by atoms with Crippen LogP contribution in [0.25, 0.3) is 10.9 Å². The highest BCUT2D eigenvalue weighted by atomic mass is 35.5. The van der Waals surface area contributed by atoms with E-state index in [4.69, 9.17) is 11.6 Å². The number of aromatic nitrogens is 1. The number of halogens is 1. The van der Waals surface area contributed by atoms with Crippen LogP contribution in [0.3, 0.4) is 0 Å². The summed E-state index contributed by atoms with van der Waals surface area (Å²) in [4.78, 5) is 34.9. The van der Waals surface area contributed by atoms with E-state index in [0.717, 1.165) is 5.56 Å². The summed E-state index contributed by atoms with van der Waals surface area (Å²) in [5.74, 6) is -0.922. The first kappa shape index (κ1) is 17.8. The van der Waals surface area contributed by atoms with Crippen LogP contribution in [0.1, 0.15) is 28.5 Å². The Bertz CT molecular complexity index is 1020. The summed E-state index contributed by atoms with van der Waals surface area (Å²) in [6.45, 7) is 2.25. The Morgan fingerprint density at radius 3 is 2.38 bits per heavy atom. The maximum atomic E-state index is 12.5. The van der Waals surface area contributed by atoms with Gasteiger partial charge in [0.25, 0.3) is 10.9 Å². The van der Waals surface area contributed by atoms with Crippen LogP contribution >= 0.6 is 11.6 Å². The van der Waals surface area contributed by atoms with Gasteiger partial charge >= 0.3 is 0 Å². The Labute approximate surface area is 154 Å². The van der Waals surface area contributed by atoms with E-state index in [9.17, 15) is 19.7 Å². The number of benzene rings is 2. The van der Waals surface area contributed by atoms with Gasteiger partial charge in [-0.3, -0.25) is 19.7 Å². The van der Waals surface area contributed by atoms with Crippen molar-refractivity contribution in [3.63, 3.8) is 0 Å². The second-order valence-electron chi connectivity index (χ2n) is 5.78. The molecule has 0 radical (unpaired) electrons. The molecule has 2 aromatic carbocycles. The number of nitro groups is 1. The van der Waals surface area contributed by atoms with Crippen molar-refractivity contribution in [2.24, 2.45) is 0 Å². The highest BCUT2D eigenvalue weighted by Gasteiger charge is 2.30. The largest absolute Gasteiger partial charge is 0.339 e. The van der Waals surface area contributed by atoms with Crippen molar-refractivity contribution in [3.05, 3.63) is 75.5 Å². The average molecular weight is 371 g/mol. The molecule has 0 aliphatic rings. The SMILES string of the molecule is CCc1c(C(=O)C(=O)Cl)c2c([N+](=O)[O-])cccc2n1Cc1ccccc1. The smallest absolute Gasteiger partial charge is 0.293 e. The fourth-order valence-electron chi connectivity index (χ4n) is 3.24. The summed E-state index contributed by atoms with van der Waals surface area (Å²) in [5, 5.41) is 10.5. The van der Waals surface area contributed by atoms with E-state index in [1.165, 1.54) is 6.07 Å². The van der Waals surface area contributed by atoms with Crippen LogP contribution < -0.4 is 0 Å². The van der Waals surface area contributed by atoms with Crippen LogP contribution in [0.4, 0.5) is 5.69 Å². The quantitative estimate of drug-likeness (QED) is 0.215. The molecule has 3 rings (SSSR count). The van der Waals surface area contributed by atoms with Gasteiger partial charge in [0.2, 0.25) is 5.78 Å². The monoisotopic (exact) mass is 370 g/mol. The third-order valence-electron chi connectivity index (χ3n) is 4.30. The van der Waals surface area contributed by atoms with E-state index < -0.39 is 15.9 Å². The number of hydrogen-bond acceptors (Lipinski definition) is 4. The molecule has 0 amide bonds. The number of nitrogens with zero attached hydrogens (tertiary/aromatic N) is 2. The number of rotatable bonds is 6. The van der Waals surface area contributed by atoms with Gasteiger partial charge < -0.3 is 4.57 Å². The van der Waals surface area contributed by atoms with Gasteiger partial charge in [0.05, 0.1) is 21.4 Å². The van der Waals surface area contributed by atoms with Gasteiger partial charge in [-0.1, -0.05) is 43.3 Å². The zero-order valence-corrected chi connectivity index (χ0v) is 14.7. The lowest BCUT2D eigenvalue weighted by Gasteiger charge is -2.10. The summed E-state index contributed by atoms with van der Waals surface area (Å²) in [7, 11) is 0. The van der Waals surface area contributed by atoms with Gasteiger partial charge in [-0.2, -0.15) is 0 Å². The summed E-state index contributed by atoms with van der Waals surface area (Å²) < 4.78 is 1.84. The van der Waals surface area contributed by atoms with Gasteiger partial charge in [0.1, 0.15) is 0 Å². The molecular formula is C19H15ClN2O4. The molecule has 26 heavy (non-hydrogen) atoms. The molecule has 0 fully saturated rings. The fraction of sp³-hybridized carbons (Fsp3) is 0.158. The van der Waals surface area contributed by atoms with Crippen molar-refractivity contribution in [1.29, 1.82) is 0 Å². The number of ketones is 1. The van der Waals surface area contributed by atoms with E-state index in [0.29, 0.717) is 24.2 Å². The van der Waals surface area contributed by atoms with Crippen molar-refractivity contribution in [2.75, 3.05) is 0 Å². The zero-order chi connectivity index (χ0) is 18.8. The molecule has 1 aromatic heterocycles. The molecule has 0 saturated carbocycles. The summed E-state index contributed by atoms with van der Waals surface area (Å²) in [6.07, 6.45) is 0.421. The minimum absolute atomic E-state index is 0.0192. The minimum Gasteiger partial charge on any atom is -0.339 e. The van der Waals surface area contributed by atoms with Crippen LogP contribution in [-0.2, 0) is 17.8 Å². The van der Waals surface area contributed by atoms with Crippen molar-refractivity contribution >= 4 is 39.2 Å². The van der Waals surface area contributed by atoms with Crippen molar-refractivity contribution in [1.82, 2.24) is 4.57 Å².